The minimum Gasteiger partial charge on any atom is -0.341 e. The quantitative estimate of drug-likeness (QED) is 0.769. The van der Waals surface area contributed by atoms with Gasteiger partial charge in [0.05, 0.1) is 5.56 Å². The first-order chi connectivity index (χ1) is 7.08. The fraction of sp³-hybridized carbons (Fsp3) is 0.111. The highest BCUT2D eigenvalue weighted by atomic mass is 35.5. The predicted octanol–water partition coefficient (Wildman–Crippen LogP) is 1.63. The number of nitriles is 1. The van der Waals surface area contributed by atoms with Crippen LogP contribution in [0.1, 0.15) is 5.56 Å². The van der Waals surface area contributed by atoms with E-state index >= 15 is 0 Å². The second-order valence-corrected chi connectivity index (χ2v) is 3.06. The summed E-state index contributed by atoms with van der Waals surface area (Å²) < 4.78 is 13.3. The number of nitrogens with zero attached hydrogens (tertiary/aromatic N) is 2. The van der Waals surface area contributed by atoms with Crippen LogP contribution in [0.25, 0.3) is 0 Å². The highest BCUT2D eigenvalue weighted by molar-refractivity contribution is 6.30. The predicted molar refractivity (Wildman–Crippen MR) is 55.7 cm³/mol. The first kappa shape index (κ1) is 11.4. The summed E-state index contributed by atoms with van der Waals surface area (Å²) in [6.07, 6.45) is 0. The van der Waals surface area contributed by atoms with Gasteiger partial charge < -0.3 is 11.1 Å². The standard InChI is InChI=1S/C9H8ClFN4/c1-5(3-12)14-9-7(11)2-6(4-13)8(10)15-9/h2H,1,3,12H2,(H,14,15). The second-order valence-electron chi connectivity index (χ2n) is 2.70. The summed E-state index contributed by atoms with van der Waals surface area (Å²) in [7, 11) is 0. The molecule has 0 aromatic carbocycles. The normalized spacial score (nSPS) is 9.47. The summed E-state index contributed by atoms with van der Waals surface area (Å²) in [5, 5.41) is 11.1. The Morgan fingerprint density at radius 3 is 3.00 bits per heavy atom. The number of hydrogen-bond acceptors (Lipinski definition) is 4. The van der Waals surface area contributed by atoms with Crippen LogP contribution in [0.2, 0.25) is 5.15 Å². The average Bonchev–Trinajstić information content (AvgIpc) is 2.22. The van der Waals surface area contributed by atoms with Crippen LogP contribution in [0.4, 0.5) is 10.2 Å². The van der Waals surface area contributed by atoms with Crippen molar-refractivity contribution in [3.63, 3.8) is 0 Å². The molecule has 0 aliphatic carbocycles. The molecule has 15 heavy (non-hydrogen) atoms. The summed E-state index contributed by atoms with van der Waals surface area (Å²) >= 11 is 5.63. The third kappa shape index (κ3) is 2.65. The molecule has 1 aromatic rings. The van der Waals surface area contributed by atoms with Crippen molar-refractivity contribution in [1.29, 1.82) is 5.26 Å². The van der Waals surface area contributed by atoms with E-state index in [9.17, 15) is 4.39 Å². The van der Waals surface area contributed by atoms with Crippen molar-refractivity contribution in [1.82, 2.24) is 4.98 Å². The fourth-order valence-electron chi connectivity index (χ4n) is 0.851. The Balaban J connectivity index is 3.06. The smallest absolute Gasteiger partial charge is 0.168 e. The molecule has 0 saturated heterocycles. The monoisotopic (exact) mass is 226 g/mol. The van der Waals surface area contributed by atoms with Gasteiger partial charge in [-0.05, 0) is 6.07 Å². The van der Waals surface area contributed by atoms with Crippen LogP contribution in [-0.4, -0.2) is 11.5 Å². The Morgan fingerprint density at radius 2 is 2.47 bits per heavy atom. The molecule has 0 fully saturated rings. The molecule has 0 aliphatic heterocycles. The Bertz CT molecular complexity index is 438. The Labute approximate surface area is 91.2 Å². The zero-order chi connectivity index (χ0) is 11.4. The van der Waals surface area contributed by atoms with E-state index in [1.54, 1.807) is 6.07 Å². The summed E-state index contributed by atoms with van der Waals surface area (Å²) in [6, 6.07) is 2.72. The first-order valence-corrected chi connectivity index (χ1v) is 4.37. The molecule has 0 saturated carbocycles. The largest absolute Gasteiger partial charge is 0.341 e. The van der Waals surface area contributed by atoms with Crippen LogP contribution in [0.3, 0.4) is 0 Å². The van der Waals surface area contributed by atoms with E-state index in [-0.39, 0.29) is 23.1 Å². The Morgan fingerprint density at radius 1 is 1.80 bits per heavy atom. The lowest BCUT2D eigenvalue weighted by molar-refractivity contribution is 0.625. The van der Waals surface area contributed by atoms with Crippen LogP contribution in [-0.2, 0) is 0 Å². The summed E-state index contributed by atoms with van der Waals surface area (Å²) in [4.78, 5) is 3.67. The molecule has 0 bridgehead atoms. The molecule has 0 aliphatic rings. The van der Waals surface area contributed by atoms with Crippen LogP contribution < -0.4 is 11.1 Å². The number of nitrogens with two attached hydrogens (primary N) is 1. The zero-order valence-electron chi connectivity index (χ0n) is 7.72. The van der Waals surface area contributed by atoms with Crippen molar-refractivity contribution < 1.29 is 4.39 Å². The summed E-state index contributed by atoms with van der Waals surface area (Å²) in [6.45, 7) is 3.68. The zero-order valence-corrected chi connectivity index (χ0v) is 8.48. The molecule has 1 aromatic heterocycles. The molecule has 0 unspecified atom stereocenters. The lowest BCUT2D eigenvalue weighted by Crippen LogP contribution is -2.12. The van der Waals surface area contributed by atoms with Gasteiger partial charge in [0.2, 0.25) is 0 Å². The molecule has 0 amide bonds. The molecular weight excluding hydrogens is 219 g/mol. The topological polar surface area (TPSA) is 74.7 Å². The van der Waals surface area contributed by atoms with E-state index < -0.39 is 5.82 Å². The SMILES string of the molecule is C=C(CN)Nc1nc(Cl)c(C#N)cc1F. The van der Waals surface area contributed by atoms with E-state index in [0.29, 0.717) is 5.70 Å². The van der Waals surface area contributed by atoms with Gasteiger partial charge in [0.25, 0.3) is 0 Å². The Kier molecular flexibility index (Phi) is 3.61. The van der Waals surface area contributed by atoms with Gasteiger partial charge in [0, 0.05) is 12.2 Å². The first-order valence-electron chi connectivity index (χ1n) is 3.99. The van der Waals surface area contributed by atoms with Gasteiger partial charge in [-0.25, -0.2) is 9.37 Å². The van der Waals surface area contributed by atoms with Crippen LogP contribution in [0, 0.1) is 17.1 Å². The van der Waals surface area contributed by atoms with Crippen molar-refractivity contribution in [3.8, 4) is 6.07 Å². The van der Waals surface area contributed by atoms with E-state index in [4.69, 9.17) is 22.6 Å². The van der Waals surface area contributed by atoms with Crippen LogP contribution in [0.5, 0.6) is 0 Å². The molecule has 4 nitrogen and oxygen atoms in total. The molecule has 0 radical (unpaired) electrons. The maximum atomic E-state index is 13.3. The van der Waals surface area contributed by atoms with Crippen LogP contribution >= 0.6 is 11.6 Å². The lowest BCUT2D eigenvalue weighted by Gasteiger charge is -2.08. The molecular formula is C9H8ClFN4. The second kappa shape index (κ2) is 4.73. The van der Waals surface area contributed by atoms with Crippen molar-refractivity contribution in [2.24, 2.45) is 5.73 Å². The van der Waals surface area contributed by atoms with Gasteiger partial charge in [0.15, 0.2) is 11.6 Å². The summed E-state index contributed by atoms with van der Waals surface area (Å²) in [5.74, 6) is -0.764. The van der Waals surface area contributed by atoms with Crippen molar-refractivity contribution in [2.45, 2.75) is 0 Å². The molecule has 78 valence electrons. The van der Waals surface area contributed by atoms with Gasteiger partial charge in [-0.1, -0.05) is 18.2 Å². The van der Waals surface area contributed by atoms with Gasteiger partial charge >= 0.3 is 0 Å². The lowest BCUT2D eigenvalue weighted by atomic mass is 10.3. The minimum atomic E-state index is -0.675. The fourth-order valence-corrected chi connectivity index (χ4v) is 1.03. The van der Waals surface area contributed by atoms with E-state index in [1.807, 2.05) is 0 Å². The van der Waals surface area contributed by atoms with Gasteiger partial charge in [-0.15, -0.1) is 0 Å². The van der Waals surface area contributed by atoms with E-state index in [2.05, 4.69) is 16.9 Å². The Hall–Kier alpha value is -1.64. The summed E-state index contributed by atoms with van der Waals surface area (Å²) in [5.41, 5.74) is 5.66. The maximum Gasteiger partial charge on any atom is 0.168 e. The maximum absolute atomic E-state index is 13.3. The van der Waals surface area contributed by atoms with Gasteiger partial charge in [-0.2, -0.15) is 5.26 Å². The third-order valence-corrected chi connectivity index (χ3v) is 1.88. The third-order valence-electron chi connectivity index (χ3n) is 1.59. The van der Waals surface area contributed by atoms with Gasteiger partial charge in [0.1, 0.15) is 11.2 Å². The number of aromatic nitrogens is 1. The van der Waals surface area contributed by atoms with E-state index in [1.165, 1.54) is 0 Å². The van der Waals surface area contributed by atoms with Crippen molar-refractivity contribution in [3.05, 3.63) is 34.9 Å². The van der Waals surface area contributed by atoms with Crippen LogP contribution in [0.15, 0.2) is 18.3 Å². The number of anilines is 1. The molecule has 1 rings (SSSR count). The highest BCUT2D eigenvalue weighted by Gasteiger charge is 2.10. The van der Waals surface area contributed by atoms with Crippen molar-refractivity contribution in [2.75, 3.05) is 11.9 Å². The highest BCUT2D eigenvalue weighted by Crippen LogP contribution is 2.20. The van der Waals surface area contributed by atoms with E-state index in [0.717, 1.165) is 6.07 Å². The minimum absolute atomic E-state index is 0.0157. The van der Waals surface area contributed by atoms with Gasteiger partial charge in [-0.3, -0.25) is 0 Å². The van der Waals surface area contributed by atoms with Crippen molar-refractivity contribution >= 4 is 17.4 Å². The number of hydrogen-bond donors (Lipinski definition) is 2. The molecule has 1 heterocycles. The number of halogens is 2. The average molecular weight is 227 g/mol. The number of pyridine rings is 1. The molecule has 3 N–H and O–H groups in total. The molecule has 6 heteroatoms. The number of nitrogens with one attached hydrogen (secondary N) is 1. The molecule has 0 spiro atoms. The number of rotatable bonds is 3. The molecule has 0 atom stereocenters.